The predicted molar refractivity (Wildman–Crippen MR) is 125 cm³/mol. The summed E-state index contributed by atoms with van der Waals surface area (Å²) in [5.41, 5.74) is 0.469. The van der Waals surface area contributed by atoms with E-state index in [0.29, 0.717) is 18.0 Å². The molecule has 1 aromatic heterocycles. The number of aromatic hydroxyl groups is 1. The molecule has 0 aliphatic carbocycles. The molecule has 2 aromatic rings. The second-order valence-electron chi connectivity index (χ2n) is 8.37. The summed E-state index contributed by atoms with van der Waals surface area (Å²) in [5, 5.41) is 19.8. The Labute approximate surface area is 192 Å². The van der Waals surface area contributed by atoms with Crippen LogP contribution in [-0.2, 0) is 11.3 Å². The number of nitrogens with zero attached hydrogens (tertiary/aromatic N) is 3. The molecule has 32 heavy (non-hydrogen) atoms. The van der Waals surface area contributed by atoms with E-state index in [9.17, 15) is 10.2 Å². The second kappa shape index (κ2) is 15.5. The molecule has 0 aliphatic heterocycles. The van der Waals surface area contributed by atoms with E-state index < -0.39 is 6.10 Å². The van der Waals surface area contributed by atoms with Crippen molar-refractivity contribution in [3.63, 3.8) is 0 Å². The van der Waals surface area contributed by atoms with Crippen molar-refractivity contribution in [2.24, 2.45) is 0 Å². The number of hydrogen-bond donors (Lipinski definition) is 2. The minimum atomic E-state index is -0.611. The quantitative estimate of drug-likeness (QED) is 0.181. The molecule has 0 spiro atoms. The molecule has 1 unspecified atom stereocenters. The first kappa shape index (κ1) is 26.0. The van der Waals surface area contributed by atoms with Crippen LogP contribution in [0.1, 0.15) is 90.3 Å². The SMILES string of the molecule is CCCCCCCCCCCCCOOc1nc(CC(C)O)nc(-c2ccccc2O)n1. The molecular weight excluding hydrogens is 406 g/mol. The maximum absolute atomic E-state index is 10.1. The highest BCUT2D eigenvalue weighted by Gasteiger charge is 2.14. The molecule has 0 bridgehead atoms. The van der Waals surface area contributed by atoms with Gasteiger partial charge in [0.1, 0.15) is 11.6 Å². The summed E-state index contributed by atoms with van der Waals surface area (Å²) >= 11 is 0. The van der Waals surface area contributed by atoms with Gasteiger partial charge in [0.2, 0.25) is 0 Å². The van der Waals surface area contributed by atoms with Gasteiger partial charge in [-0.25, -0.2) is 4.98 Å². The van der Waals surface area contributed by atoms with E-state index in [1.54, 1.807) is 31.2 Å². The lowest BCUT2D eigenvalue weighted by molar-refractivity contribution is -0.213. The molecule has 2 N–H and O–H groups in total. The van der Waals surface area contributed by atoms with Crippen molar-refractivity contribution in [3.05, 3.63) is 30.1 Å². The van der Waals surface area contributed by atoms with Crippen LogP contribution in [0.15, 0.2) is 24.3 Å². The number of aromatic nitrogens is 3. The zero-order valence-electron chi connectivity index (χ0n) is 19.6. The van der Waals surface area contributed by atoms with Crippen molar-refractivity contribution in [1.29, 1.82) is 0 Å². The zero-order chi connectivity index (χ0) is 23.0. The number of rotatable bonds is 17. The summed E-state index contributed by atoms with van der Waals surface area (Å²) in [6, 6.07) is 6.82. The normalized spacial score (nSPS) is 12.1. The molecule has 7 nitrogen and oxygen atoms in total. The summed E-state index contributed by atoms with van der Waals surface area (Å²) in [4.78, 5) is 23.4. The molecule has 7 heteroatoms. The number of aliphatic hydroxyl groups is 1. The fourth-order valence-corrected chi connectivity index (χ4v) is 3.49. The van der Waals surface area contributed by atoms with Gasteiger partial charge in [-0.1, -0.05) is 83.3 Å². The molecule has 178 valence electrons. The van der Waals surface area contributed by atoms with E-state index in [2.05, 4.69) is 21.9 Å². The Balaban J connectivity index is 1.71. The average molecular weight is 446 g/mol. The third-order valence-electron chi connectivity index (χ3n) is 5.25. The van der Waals surface area contributed by atoms with Crippen LogP contribution in [0.3, 0.4) is 0 Å². The predicted octanol–water partition coefficient (Wildman–Crippen LogP) is 5.79. The van der Waals surface area contributed by atoms with Gasteiger partial charge in [-0.3, -0.25) is 4.89 Å². The van der Waals surface area contributed by atoms with Crippen LogP contribution in [-0.4, -0.2) is 37.9 Å². The maximum Gasteiger partial charge on any atom is 0.357 e. The molecule has 0 amide bonds. The minimum Gasteiger partial charge on any atom is -0.507 e. The van der Waals surface area contributed by atoms with E-state index in [0.717, 1.165) is 12.8 Å². The first-order chi connectivity index (χ1) is 15.6. The lowest BCUT2D eigenvalue weighted by atomic mass is 10.1. The molecule has 2 rings (SSSR count). The Bertz CT molecular complexity index is 771. The van der Waals surface area contributed by atoms with Gasteiger partial charge in [0.25, 0.3) is 0 Å². The lowest BCUT2D eigenvalue weighted by Gasteiger charge is -2.09. The zero-order valence-corrected chi connectivity index (χ0v) is 19.6. The molecular formula is C25H39N3O4. The summed E-state index contributed by atoms with van der Waals surface area (Å²) < 4.78 is 0. The molecule has 0 aliphatic rings. The van der Waals surface area contributed by atoms with Crippen molar-refractivity contribution < 1.29 is 20.0 Å². The van der Waals surface area contributed by atoms with Gasteiger partial charge in [0.15, 0.2) is 5.82 Å². The molecule has 1 heterocycles. The van der Waals surface area contributed by atoms with E-state index in [1.807, 2.05) is 0 Å². The highest BCUT2D eigenvalue weighted by molar-refractivity contribution is 5.63. The van der Waals surface area contributed by atoms with Crippen LogP contribution in [0.4, 0.5) is 0 Å². The van der Waals surface area contributed by atoms with E-state index in [4.69, 9.17) is 9.78 Å². The summed E-state index contributed by atoms with van der Waals surface area (Å²) in [5.74, 6) is 0.720. The van der Waals surface area contributed by atoms with Crippen LogP contribution in [0, 0.1) is 0 Å². The number of aliphatic hydroxyl groups excluding tert-OH is 1. The average Bonchev–Trinajstić information content (AvgIpc) is 2.76. The Morgan fingerprint density at radius 3 is 2.09 bits per heavy atom. The Morgan fingerprint density at radius 1 is 0.844 bits per heavy atom. The fraction of sp³-hybridized carbons (Fsp3) is 0.640. The minimum absolute atomic E-state index is 0.0250. The molecule has 1 atom stereocenters. The van der Waals surface area contributed by atoms with Crippen LogP contribution < -0.4 is 4.89 Å². The Kier molecular flexibility index (Phi) is 12.6. The molecule has 1 aromatic carbocycles. The van der Waals surface area contributed by atoms with Gasteiger partial charge in [-0.2, -0.15) is 14.9 Å². The maximum atomic E-state index is 10.1. The monoisotopic (exact) mass is 445 g/mol. The van der Waals surface area contributed by atoms with Crippen molar-refractivity contribution in [2.45, 2.75) is 97.0 Å². The van der Waals surface area contributed by atoms with Gasteiger partial charge in [-0.05, 0) is 25.5 Å². The van der Waals surface area contributed by atoms with Crippen LogP contribution in [0.2, 0.25) is 0 Å². The van der Waals surface area contributed by atoms with Gasteiger partial charge in [0.05, 0.1) is 18.3 Å². The van der Waals surface area contributed by atoms with Crippen molar-refractivity contribution in [3.8, 4) is 23.1 Å². The number of para-hydroxylation sites is 1. The largest absolute Gasteiger partial charge is 0.507 e. The fourth-order valence-electron chi connectivity index (χ4n) is 3.49. The number of phenolic OH excluding ortho intramolecular Hbond substituents is 1. The van der Waals surface area contributed by atoms with Gasteiger partial charge < -0.3 is 10.2 Å². The highest BCUT2D eigenvalue weighted by atomic mass is 17.2. The van der Waals surface area contributed by atoms with Gasteiger partial charge in [-0.15, -0.1) is 0 Å². The van der Waals surface area contributed by atoms with Crippen molar-refractivity contribution in [2.75, 3.05) is 6.61 Å². The molecule has 0 fully saturated rings. The number of phenols is 1. The Morgan fingerprint density at radius 2 is 1.47 bits per heavy atom. The third-order valence-corrected chi connectivity index (χ3v) is 5.25. The van der Waals surface area contributed by atoms with Crippen LogP contribution >= 0.6 is 0 Å². The smallest absolute Gasteiger partial charge is 0.357 e. The first-order valence-electron chi connectivity index (χ1n) is 12.1. The summed E-state index contributed by atoms with van der Waals surface area (Å²) in [6.45, 7) is 4.37. The molecule has 0 radical (unpaired) electrons. The third kappa shape index (κ3) is 10.4. The van der Waals surface area contributed by atoms with E-state index >= 15 is 0 Å². The number of benzene rings is 1. The van der Waals surface area contributed by atoms with E-state index in [1.165, 1.54) is 57.8 Å². The standard InChI is InChI=1S/C25H39N3O4/c1-3-4-5-6-7-8-9-10-11-12-15-18-31-32-25-27-23(19-20(2)29)26-24(28-25)21-16-13-14-17-22(21)30/h13-14,16-17,20,29-30H,3-12,15,18-19H2,1-2H3. The lowest BCUT2D eigenvalue weighted by Crippen LogP contribution is -2.12. The van der Waals surface area contributed by atoms with Crippen molar-refractivity contribution in [1.82, 2.24) is 15.0 Å². The summed E-state index contributed by atoms with van der Waals surface area (Å²) in [7, 11) is 0. The van der Waals surface area contributed by atoms with Crippen LogP contribution in [0.5, 0.6) is 11.8 Å². The second-order valence-corrected chi connectivity index (χ2v) is 8.37. The molecule has 0 saturated carbocycles. The van der Waals surface area contributed by atoms with E-state index in [-0.39, 0.29) is 24.0 Å². The molecule has 0 saturated heterocycles. The number of hydrogen-bond acceptors (Lipinski definition) is 7. The highest BCUT2D eigenvalue weighted by Crippen LogP contribution is 2.26. The first-order valence-corrected chi connectivity index (χ1v) is 12.1. The van der Waals surface area contributed by atoms with Gasteiger partial charge in [0, 0.05) is 6.42 Å². The van der Waals surface area contributed by atoms with Crippen LogP contribution in [0.25, 0.3) is 11.4 Å². The summed E-state index contributed by atoms with van der Waals surface area (Å²) in [6.07, 6.45) is 13.6. The topological polar surface area (TPSA) is 97.6 Å². The Hall–Kier alpha value is -2.25. The van der Waals surface area contributed by atoms with Crippen molar-refractivity contribution >= 4 is 0 Å². The van der Waals surface area contributed by atoms with Gasteiger partial charge >= 0.3 is 6.01 Å². The number of unbranched alkanes of at least 4 members (excludes halogenated alkanes) is 10.